The molecule has 0 N–H and O–H groups in total. The molecule has 26 heavy (non-hydrogen) atoms. The summed E-state index contributed by atoms with van der Waals surface area (Å²) in [5.74, 6) is -1.01. The van der Waals surface area contributed by atoms with Crippen molar-refractivity contribution in [2.75, 3.05) is 6.73 Å². The van der Waals surface area contributed by atoms with Crippen molar-refractivity contribution in [3.05, 3.63) is 79.4 Å². The van der Waals surface area contributed by atoms with E-state index in [1.807, 2.05) is 0 Å². The number of nitrogens with zero attached hydrogens (tertiary/aromatic N) is 3. The lowest BCUT2D eigenvalue weighted by Crippen LogP contribution is -2.32. The summed E-state index contributed by atoms with van der Waals surface area (Å²) in [5, 5.41) is 21.7. The molecule has 0 aromatic heterocycles. The van der Waals surface area contributed by atoms with Gasteiger partial charge in [-0.25, -0.2) is 4.90 Å². The van der Waals surface area contributed by atoms with Crippen molar-refractivity contribution in [3.8, 4) is 0 Å². The van der Waals surface area contributed by atoms with E-state index in [9.17, 15) is 29.8 Å². The third-order valence-corrected chi connectivity index (χ3v) is 3.75. The van der Waals surface area contributed by atoms with E-state index in [2.05, 4.69) is 0 Å². The topological polar surface area (TPSA) is 133 Å². The zero-order valence-electron chi connectivity index (χ0n) is 13.2. The first kappa shape index (κ1) is 17.2. The van der Waals surface area contributed by atoms with Crippen molar-refractivity contribution >= 4 is 23.2 Å². The van der Waals surface area contributed by atoms with E-state index in [0.717, 1.165) is 23.1 Å². The number of carbonyl (C=O) groups excluding carboxylic acids is 2. The summed E-state index contributed by atoms with van der Waals surface area (Å²) in [4.78, 5) is 45.5. The molecule has 10 heteroatoms. The van der Waals surface area contributed by atoms with Crippen LogP contribution in [0.3, 0.4) is 0 Å². The van der Waals surface area contributed by atoms with E-state index in [-0.39, 0.29) is 30.0 Å². The predicted molar refractivity (Wildman–Crippen MR) is 86.3 cm³/mol. The van der Waals surface area contributed by atoms with E-state index in [1.165, 1.54) is 12.1 Å². The number of hydrogen-bond acceptors (Lipinski definition) is 7. The lowest BCUT2D eigenvalue weighted by atomic mass is 10.1. The van der Waals surface area contributed by atoms with Crippen LogP contribution in [0.25, 0.3) is 0 Å². The van der Waals surface area contributed by atoms with Gasteiger partial charge >= 0.3 is 0 Å². The monoisotopic (exact) mass is 357 g/mol. The summed E-state index contributed by atoms with van der Waals surface area (Å²) >= 11 is 0. The van der Waals surface area contributed by atoms with Crippen LogP contribution in [-0.4, -0.2) is 33.3 Å². The highest BCUT2D eigenvalue weighted by Gasteiger charge is 2.35. The lowest BCUT2D eigenvalue weighted by molar-refractivity contribution is -0.394. The number of nitro benzene ring substituents is 2. The van der Waals surface area contributed by atoms with Crippen molar-refractivity contribution < 1.29 is 24.2 Å². The van der Waals surface area contributed by atoms with Gasteiger partial charge in [-0.2, -0.15) is 0 Å². The molecule has 0 unspecified atom stereocenters. The Kier molecular flexibility index (Phi) is 4.42. The van der Waals surface area contributed by atoms with Gasteiger partial charge in [-0.3, -0.25) is 29.8 Å². The molecule has 1 aliphatic heterocycles. The lowest BCUT2D eigenvalue weighted by Gasteiger charge is -2.14. The normalized spacial score (nSPS) is 13.0. The minimum atomic E-state index is -0.749. The summed E-state index contributed by atoms with van der Waals surface area (Å²) in [6.07, 6.45) is 0. The molecular formula is C16H11N3O7. The highest BCUT2D eigenvalue weighted by atomic mass is 16.6. The maximum Gasteiger partial charge on any atom is 0.276 e. The molecule has 0 saturated carbocycles. The van der Waals surface area contributed by atoms with Crippen LogP contribution in [0, 0.1) is 20.2 Å². The molecule has 10 nitrogen and oxygen atoms in total. The number of ether oxygens (including phenoxy) is 1. The van der Waals surface area contributed by atoms with E-state index in [4.69, 9.17) is 4.74 Å². The second-order valence-corrected chi connectivity index (χ2v) is 5.43. The number of imide groups is 1. The zero-order valence-corrected chi connectivity index (χ0v) is 13.2. The minimum Gasteiger partial charge on any atom is -0.356 e. The first-order chi connectivity index (χ1) is 12.4. The highest BCUT2D eigenvalue weighted by Crippen LogP contribution is 2.24. The molecule has 2 amide bonds. The van der Waals surface area contributed by atoms with Crippen molar-refractivity contribution in [2.24, 2.45) is 0 Å². The van der Waals surface area contributed by atoms with Crippen molar-refractivity contribution in [2.45, 2.75) is 6.61 Å². The van der Waals surface area contributed by atoms with E-state index < -0.39 is 33.0 Å². The van der Waals surface area contributed by atoms with Gasteiger partial charge in [0, 0.05) is 12.1 Å². The summed E-state index contributed by atoms with van der Waals surface area (Å²) in [6.45, 7) is -0.612. The van der Waals surface area contributed by atoms with Crippen LogP contribution < -0.4 is 0 Å². The Hall–Kier alpha value is -3.66. The summed E-state index contributed by atoms with van der Waals surface area (Å²) in [5.41, 5.74) is -0.168. The number of carbonyl (C=O) groups is 2. The second-order valence-electron chi connectivity index (χ2n) is 5.43. The number of non-ortho nitro benzene ring substituents is 2. The molecule has 0 aliphatic carbocycles. The number of fused-ring (bicyclic) bond motifs is 1. The largest absolute Gasteiger partial charge is 0.356 e. The van der Waals surface area contributed by atoms with Crippen molar-refractivity contribution in [1.82, 2.24) is 4.90 Å². The van der Waals surface area contributed by atoms with Gasteiger partial charge in [-0.15, -0.1) is 0 Å². The molecular weight excluding hydrogens is 346 g/mol. The Morgan fingerprint density at radius 1 is 0.885 bits per heavy atom. The zero-order chi connectivity index (χ0) is 18.8. The number of amides is 2. The fraction of sp³-hybridized carbons (Fsp3) is 0.125. The van der Waals surface area contributed by atoms with Gasteiger partial charge in [-0.05, 0) is 17.7 Å². The maximum atomic E-state index is 12.2. The van der Waals surface area contributed by atoms with E-state index in [0.29, 0.717) is 0 Å². The van der Waals surface area contributed by atoms with Crippen LogP contribution in [0.5, 0.6) is 0 Å². The standard InChI is InChI=1S/C16H11N3O7/c20-15-13-3-1-2-4-14(13)16(21)17(15)9-26-8-10-5-11(18(22)23)7-12(6-10)19(24)25/h1-7H,8-9H2. The van der Waals surface area contributed by atoms with Gasteiger partial charge in [0.2, 0.25) is 0 Å². The van der Waals surface area contributed by atoms with E-state index >= 15 is 0 Å². The van der Waals surface area contributed by atoms with Gasteiger partial charge in [0.25, 0.3) is 23.2 Å². The molecule has 2 aromatic carbocycles. The van der Waals surface area contributed by atoms with Crippen LogP contribution in [0.4, 0.5) is 11.4 Å². The number of rotatable bonds is 6. The second kappa shape index (κ2) is 6.69. The number of benzene rings is 2. The van der Waals surface area contributed by atoms with Crippen LogP contribution in [-0.2, 0) is 11.3 Å². The molecule has 0 atom stereocenters. The third kappa shape index (κ3) is 3.13. The fourth-order valence-corrected chi connectivity index (χ4v) is 2.56. The molecule has 0 radical (unpaired) electrons. The summed E-state index contributed by atoms with van der Waals surface area (Å²) in [7, 11) is 0. The molecule has 132 valence electrons. The Morgan fingerprint density at radius 3 is 1.85 bits per heavy atom. The molecule has 0 bridgehead atoms. The van der Waals surface area contributed by atoms with Crippen LogP contribution in [0.1, 0.15) is 26.3 Å². The third-order valence-electron chi connectivity index (χ3n) is 3.75. The van der Waals surface area contributed by atoms with Gasteiger partial charge in [0.15, 0.2) is 0 Å². The van der Waals surface area contributed by atoms with Crippen LogP contribution in [0.2, 0.25) is 0 Å². The Labute approximate surface area is 145 Å². The van der Waals surface area contributed by atoms with Crippen LogP contribution >= 0.6 is 0 Å². The average Bonchev–Trinajstić information content (AvgIpc) is 2.86. The first-order valence-electron chi connectivity index (χ1n) is 7.34. The van der Waals surface area contributed by atoms with Gasteiger partial charge < -0.3 is 4.74 Å². The Morgan fingerprint density at radius 2 is 1.38 bits per heavy atom. The molecule has 0 fully saturated rings. The fourth-order valence-electron chi connectivity index (χ4n) is 2.56. The molecule has 1 heterocycles. The minimum absolute atomic E-state index is 0.183. The molecule has 0 spiro atoms. The van der Waals surface area contributed by atoms with Gasteiger partial charge in [-0.1, -0.05) is 12.1 Å². The highest BCUT2D eigenvalue weighted by molar-refractivity contribution is 6.21. The number of hydrogen-bond donors (Lipinski definition) is 0. The van der Waals surface area contributed by atoms with Crippen molar-refractivity contribution in [1.29, 1.82) is 0 Å². The predicted octanol–water partition coefficient (Wildman–Crippen LogP) is 2.27. The summed E-state index contributed by atoms with van der Waals surface area (Å²) < 4.78 is 5.28. The quantitative estimate of drug-likeness (QED) is 0.440. The molecule has 2 aromatic rings. The van der Waals surface area contributed by atoms with Crippen molar-refractivity contribution in [3.63, 3.8) is 0 Å². The number of nitro groups is 2. The smallest absolute Gasteiger partial charge is 0.276 e. The SMILES string of the molecule is O=C1c2ccccc2C(=O)N1COCc1cc([N+](=O)[O-])cc([N+](=O)[O-])c1. The van der Waals surface area contributed by atoms with Crippen LogP contribution in [0.15, 0.2) is 42.5 Å². The van der Waals surface area contributed by atoms with Gasteiger partial charge in [0.05, 0.1) is 33.6 Å². The average molecular weight is 357 g/mol. The molecule has 1 aliphatic rings. The Balaban J connectivity index is 1.71. The first-order valence-corrected chi connectivity index (χ1v) is 7.34. The maximum absolute atomic E-state index is 12.2. The molecule has 0 saturated heterocycles. The van der Waals surface area contributed by atoms with E-state index in [1.54, 1.807) is 12.1 Å². The summed E-state index contributed by atoms with van der Waals surface area (Å²) in [6, 6.07) is 9.44. The Bertz CT molecular complexity index is 874. The molecule has 3 rings (SSSR count). The van der Waals surface area contributed by atoms with Gasteiger partial charge in [0.1, 0.15) is 6.73 Å².